The van der Waals surface area contributed by atoms with E-state index in [2.05, 4.69) is 0 Å². The molecule has 0 fully saturated rings. The Kier molecular flexibility index (Phi) is 4.61. The number of benzene rings is 1. The third-order valence-corrected chi connectivity index (χ3v) is 4.10. The van der Waals surface area contributed by atoms with Gasteiger partial charge >= 0.3 is 5.97 Å². The maximum Gasteiger partial charge on any atom is 0.343 e. The molecule has 0 atom stereocenters. The Labute approximate surface area is 151 Å². The number of hydrogen-bond donors (Lipinski definition) is 0. The number of carbonyl (C=O) groups excluding carboxylic acids is 3. The van der Waals surface area contributed by atoms with E-state index in [9.17, 15) is 23.6 Å². The highest BCUT2D eigenvalue weighted by atomic mass is 19.1. The standard InChI is InChI=1S/C18H14F2N2O5/c1-3-21-8-10(18(26)27-4-2)17(25)9-7-11(19)16(14(20)15(9)21)22-12(23)5-6-13(22)24/h5-8H,3-4H2,1-2H3. The lowest BCUT2D eigenvalue weighted by atomic mass is 10.1. The minimum absolute atomic E-state index is 0.0241. The van der Waals surface area contributed by atoms with Crippen molar-refractivity contribution < 1.29 is 27.9 Å². The molecule has 7 nitrogen and oxygen atoms in total. The Bertz CT molecular complexity index is 1070. The second-order valence-corrected chi connectivity index (χ2v) is 5.64. The van der Waals surface area contributed by atoms with Crippen molar-refractivity contribution in [2.75, 3.05) is 11.5 Å². The number of hydrogen-bond acceptors (Lipinski definition) is 5. The molecule has 0 bridgehead atoms. The first-order chi connectivity index (χ1) is 12.8. The van der Waals surface area contributed by atoms with Crippen LogP contribution < -0.4 is 10.3 Å². The van der Waals surface area contributed by atoms with E-state index >= 15 is 4.39 Å². The molecule has 0 aliphatic carbocycles. The highest BCUT2D eigenvalue weighted by Crippen LogP contribution is 2.31. The molecule has 0 radical (unpaired) electrons. The van der Waals surface area contributed by atoms with Gasteiger partial charge in [-0.1, -0.05) is 0 Å². The molecule has 2 amide bonds. The molecule has 0 N–H and O–H groups in total. The second kappa shape index (κ2) is 6.75. The molecule has 2 aromatic rings. The van der Waals surface area contributed by atoms with E-state index in [-0.39, 0.29) is 24.2 Å². The number of imide groups is 1. The number of nitrogens with zero attached hydrogens (tertiary/aromatic N) is 2. The van der Waals surface area contributed by atoms with Gasteiger partial charge in [-0.05, 0) is 19.9 Å². The lowest BCUT2D eigenvalue weighted by molar-refractivity contribution is -0.120. The van der Waals surface area contributed by atoms with Crippen molar-refractivity contribution >= 4 is 34.4 Å². The summed E-state index contributed by atoms with van der Waals surface area (Å²) in [5.41, 5.74) is -2.46. The first-order valence-electron chi connectivity index (χ1n) is 8.10. The molecule has 0 saturated carbocycles. The van der Waals surface area contributed by atoms with Crippen LogP contribution in [0.15, 0.2) is 29.2 Å². The molecule has 27 heavy (non-hydrogen) atoms. The first-order valence-corrected chi connectivity index (χ1v) is 8.10. The molecule has 1 aliphatic rings. The summed E-state index contributed by atoms with van der Waals surface area (Å²) in [4.78, 5) is 48.5. The number of ether oxygens (including phenoxy) is 1. The van der Waals surface area contributed by atoms with E-state index in [0.29, 0.717) is 11.0 Å². The monoisotopic (exact) mass is 376 g/mol. The zero-order valence-electron chi connectivity index (χ0n) is 14.4. The van der Waals surface area contributed by atoms with Crippen molar-refractivity contribution in [2.45, 2.75) is 20.4 Å². The maximum atomic E-state index is 15.1. The fraction of sp³-hybridized carbons (Fsp3) is 0.222. The maximum absolute atomic E-state index is 15.1. The van der Waals surface area contributed by atoms with E-state index in [0.717, 1.165) is 18.3 Å². The van der Waals surface area contributed by atoms with E-state index < -0.39 is 45.9 Å². The molecule has 140 valence electrons. The Morgan fingerprint density at radius 1 is 1.11 bits per heavy atom. The van der Waals surface area contributed by atoms with Crippen LogP contribution >= 0.6 is 0 Å². The number of esters is 1. The van der Waals surface area contributed by atoms with Crippen LogP contribution in [0.2, 0.25) is 0 Å². The van der Waals surface area contributed by atoms with Crippen LogP contribution in [-0.4, -0.2) is 29.0 Å². The quantitative estimate of drug-likeness (QED) is 0.601. The number of aromatic nitrogens is 1. The van der Waals surface area contributed by atoms with Crippen molar-refractivity contribution in [1.29, 1.82) is 0 Å². The van der Waals surface area contributed by atoms with Gasteiger partial charge < -0.3 is 9.30 Å². The lowest BCUT2D eigenvalue weighted by Crippen LogP contribution is -2.32. The topological polar surface area (TPSA) is 85.7 Å². The second-order valence-electron chi connectivity index (χ2n) is 5.64. The Morgan fingerprint density at radius 3 is 2.30 bits per heavy atom. The molecule has 1 aromatic heterocycles. The summed E-state index contributed by atoms with van der Waals surface area (Å²) in [5.74, 6) is -5.22. The van der Waals surface area contributed by atoms with Gasteiger partial charge in [-0.3, -0.25) is 14.4 Å². The molecule has 1 aromatic carbocycles. The summed E-state index contributed by atoms with van der Waals surface area (Å²) >= 11 is 0. The van der Waals surface area contributed by atoms with Gasteiger partial charge in [0.05, 0.1) is 17.5 Å². The van der Waals surface area contributed by atoms with Crippen LogP contribution in [0, 0.1) is 11.6 Å². The van der Waals surface area contributed by atoms with Crippen molar-refractivity contribution in [1.82, 2.24) is 4.57 Å². The third-order valence-electron chi connectivity index (χ3n) is 4.10. The van der Waals surface area contributed by atoms with Crippen LogP contribution in [0.25, 0.3) is 10.9 Å². The third kappa shape index (κ3) is 2.80. The van der Waals surface area contributed by atoms with Gasteiger partial charge in [0.25, 0.3) is 11.8 Å². The summed E-state index contributed by atoms with van der Waals surface area (Å²) < 4.78 is 35.8. The average molecular weight is 376 g/mol. The molecule has 0 unspecified atom stereocenters. The summed E-state index contributed by atoms with van der Waals surface area (Å²) in [7, 11) is 0. The molecule has 3 rings (SSSR count). The average Bonchev–Trinajstić information content (AvgIpc) is 2.95. The summed E-state index contributed by atoms with van der Waals surface area (Å²) in [6.07, 6.45) is 2.89. The van der Waals surface area contributed by atoms with Gasteiger partial charge in [0.1, 0.15) is 11.3 Å². The van der Waals surface area contributed by atoms with Crippen molar-refractivity contribution in [3.05, 3.63) is 51.8 Å². The Balaban J connectivity index is 2.35. The number of rotatable bonds is 4. The SMILES string of the molecule is CCOC(=O)c1cn(CC)c2c(F)c(N3C(=O)C=CC3=O)c(F)cc2c1=O. The normalized spacial score (nSPS) is 13.7. The molecule has 1 aliphatic heterocycles. The fourth-order valence-corrected chi connectivity index (χ4v) is 2.91. The predicted molar refractivity (Wildman–Crippen MR) is 91.4 cm³/mol. The van der Waals surface area contributed by atoms with Crippen LogP contribution in [0.1, 0.15) is 24.2 Å². The van der Waals surface area contributed by atoms with Gasteiger partial charge in [0.15, 0.2) is 11.6 Å². The molecule has 0 saturated heterocycles. The molecule has 0 spiro atoms. The smallest absolute Gasteiger partial charge is 0.343 e. The molecular formula is C18H14F2N2O5. The highest BCUT2D eigenvalue weighted by molar-refractivity contribution is 6.28. The zero-order chi connectivity index (χ0) is 19.9. The fourth-order valence-electron chi connectivity index (χ4n) is 2.91. The van der Waals surface area contributed by atoms with Crippen LogP contribution in [0.4, 0.5) is 14.5 Å². The number of halogens is 2. The van der Waals surface area contributed by atoms with Gasteiger partial charge in [-0.25, -0.2) is 18.5 Å². The van der Waals surface area contributed by atoms with E-state index in [4.69, 9.17) is 4.74 Å². The minimum Gasteiger partial charge on any atom is -0.462 e. The zero-order valence-corrected chi connectivity index (χ0v) is 14.4. The van der Waals surface area contributed by atoms with E-state index in [1.54, 1.807) is 13.8 Å². The van der Waals surface area contributed by atoms with Crippen molar-refractivity contribution in [3.63, 3.8) is 0 Å². The summed E-state index contributed by atoms with van der Waals surface area (Å²) in [5, 5.41) is -0.395. The van der Waals surface area contributed by atoms with Gasteiger partial charge in [0.2, 0.25) is 5.43 Å². The lowest BCUT2D eigenvalue weighted by Gasteiger charge is -2.19. The number of aryl methyl sites for hydroxylation is 1. The van der Waals surface area contributed by atoms with Gasteiger partial charge in [0, 0.05) is 24.9 Å². The van der Waals surface area contributed by atoms with Crippen LogP contribution in [-0.2, 0) is 20.9 Å². The molecule has 2 heterocycles. The van der Waals surface area contributed by atoms with Crippen LogP contribution in [0.3, 0.4) is 0 Å². The van der Waals surface area contributed by atoms with Gasteiger partial charge in [-0.15, -0.1) is 0 Å². The van der Waals surface area contributed by atoms with Crippen molar-refractivity contribution in [2.24, 2.45) is 0 Å². The summed E-state index contributed by atoms with van der Waals surface area (Å²) in [6, 6.07) is 0.712. The first kappa shape index (κ1) is 18.4. The minimum atomic E-state index is -1.27. The Hall–Kier alpha value is -3.36. The number of carbonyl (C=O) groups is 3. The molecule has 9 heteroatoms. The number of anilines is 1. The number of amides is 2. The van der Waals surface area contributed by atoms with Crippen LogP contribution in [0.5, 0.6) is 0 Å². The van der Waals surface area contributed by atoms with Crippen molar-refractivity contribution in [3.8, 4) is 0 Å². The van der Waals surface area contributed by atoms with E-state index in [1.807, 2.05) is 0 Å². The predicted octanol–water partition coefficient (Wildman–Crippen LogP) is 1.91. The number of fused-ring (bicyclic) bond motifs is 1. The summed E-state index contributed by atoms with van der Waals surface area (Å²) in [6.45, 7) is 3.33. The number of pyridine rings is 1. The molecular weight excluding hydrogens is 362 g/mol. The highest BCUT2D eigenvalue weighted by Gasteiger charge is 2.33. The van der Waals surface area contributed by atoms with Gasteiger partial charge in [-0.2, -0.15) is 0 Å². The van der Waals surface area contributed by atoms with E-state index in [1.165, 1.54) is 4.57 Å². The largest absolute Gasteiger partial charge is 0.462 e. The Morgan fingerprint density at radius 2 is 1.74 bits per heavy atom.